The highest BCUT2D eigenvalue weighted by Gasteiger charge is 2.17. The predicted molar refractivity (Wildman–Crippen MR) is 68.0 cm³/mol. The molecule has 0 fully saturated rings. The summed E-state index contributed by atoms with van der Waals surface area (Å²) in [6.07, 6.45) is 1.61. The zero-order chi connectivity index (χ0) is 12.6. The van der Waals surface area contributed by atoms with Gasteiger partial charge in [-0.1, -0.05) is 11.6 Å². The van der Waals surface area contributed by atoms with Crippen LogP contribution in [-0.4, -0.2) is 14.8 Å². The molecule has 0 saturated heterocycles. The first kappa shape index (κ1) is 12.1. The third-order valence-electron chi connectivity index (χ3n) is 2.70. The summed E-state index contributed by atoms with van der Waals surface area (Å²) in [7, 11) is 1.84. The monoisotopic (exact) mass is 250 g/mol. The number of pyridine rings is 1. The number of aryl methyl sites for hydroxylation is 3. The lowest BCUT2D eigenvalue weighted by Gasteiger charge is -2.14. The van der Waals surface area contributed by atoms with E-state index >= 15 is 0 Å². The number of hydrogen-bond acceptors (Lipinski definition) is 3. The fourth-order valence-electron chi connectivity index (χ4n) is 1.97. The van der Waals surface area contributed by atoms with E-state index in [0.717, 1.165) is 22.6 Å². The van der Waals surface area contributed by atoms with Crippen molar-refractivity contribution in [3.63, 3.8) is 0 Å². The molecule has 0 aliphatic rings. The molecular formula is C12H15ClN4. The average molecular weight is 251 g/mol. The van der Waals surface area contributed by atoms with Crippen LogP contribution in [0.2, 0.25) is 5.02 Å². The summed E-state index contributed by atoms with van der Waals surface area (Å²) in [5.74, 6) is 0. The van der Waals surface area contributed by atoms with Crippen LogP contribution >= 0.6 is 11.6 Å². The highest BCUT2D eigenvalue weighted by atomic mass is 35.5. The van der Waals surface area contributed by atoms with Crippen LogP contribution in [0.4, 0.5) is 0 Å². The Hall–Kier alpha value is -1.39. The molecule has 5 heteroatoms. The normalized spacial score (nSPS) is 12.8. The van der Waals surface area contributed by atoms with Crippen molar-refractivity contribution in [3.8, 4) is 0 Å². The van der Waals surface area contributed by atoms with E-state index in [4.69, 9.17) is 17.3 Å². The topological polar surface area (TPSA) is 56.7 Å². The maximum Gasteiger partial charge on any atom is 0.0837 e. The molecule has 0 aromatic carbocycles. The van der Waals surface area contributed by atoms with Crippen molar-refractivity contribution in [2.75, 3.05) is 0 Å². The van der Waals surface area contributed by atoms with E-state index in [1.165, 1.54) is 0 Å². The van der Waals surface area contributed by atoms with E-state index in [0.29, 0.717) is 5.02 Å². The number of halogens is 1. The van der Waals surface area contributed by atoms with Gasteiger partial charge >= 0.3 is 0 Å². The zero-order valence-corrected chi connectivity index (χ0v) is 10.9. The molecule has 4 nitrogen and oxygen atoms in total. The van der Waals surface area contributed by atoms with E-state index in [2.05, 4.69) is 10.1 Å². The summed E-state index contributed by atoms with van der Waals surface area (Å²) >= 11 is 6.09. The molecule has 2 aromatic heterocycles. The SMILES string of the molecule is Cc1cc(C(N)c2c(Cl)cnn2C)cc(C)n1. The number of rotatable bonds is 2. The van der Waals surface area contributed by atoms with Crippen LogP contribution in [0, 0.1) is 13.8 Å². The van der Waals surface area contributed by atoms with Gasteiger partial charge < -0.3 is 5.73 Å². The Bertz CT molecular complexity index is 508. The second-order valence-corrected chi connectivity index (χ2v) is 4.57. The molecule has 2 rings (SSSR count). The second kappa shape index (κ2) is 4.47. The maximum atomic E-state index is 6.23. The molecule has 90 valence electrons. The highest BCUT2D eigenvalue weighted by molar-refractivity contribution is 6.31. The van der Waals surface area contributed by atoms with Crippen LogP contribution < -0.4 is 5.73 Å². The molecule has 0 aliphatic heterocycles. The van der Waals surface area contributed by atoms with E-state index in [9.17, 15) is 0 Å². The lowest BCUT2D eigenvalue weighted by molar-refractivity contribution is 0.672. The number of nitrogens with two attached hydrogens (primary N) is 1. The van der Waals surface area contributed by atoms with Gasteiger partial charge in [-0.25, -0.2) is 0 Å². The van der Waals surface area contributed by atoms with Crippen LogP contribution in [0.3, 0.4) is 0 Å². The van der Waals surface area contributed by atoms with E-state index in [1.807, 2.05) is 33.0 Å². The standard InChI is InChI=1S/C12H15ClN4/c1-7-4-9(5-8(2)16-7)11(14)12-10(13)6-15-17(12)3/h4-6,11H,14H2,1-3H3. The predicted octanol–water partition coefficient (Wildman–Crippen LogP) is 2.13. The van der Waals surface area contributed by atoms with Gasteiger partial charge in [0.1, 0.15) is 0 Å². The molecule has 0 radical (unpaired) electrons. The summed E-state index contributed by atoms with van der Waals surface area (Å²) in [4.78, 5) is 4.33. The molecule has 0 amide bonds. The molecule has 0 spiro atoms. The van der Waals surface area contributed by atoms with Gasteiger partial charge in [0.25, 0.3) is 0 Å². The molecule has 17 heavy (non-hydrogen) atoms. The first-order chi connectivity index (χ1) is 7.99. The van der Waals surface area contributed by atoms with Gasteiger partial charge in [-0.05, 0) is 31.5 Å². The Labute approximate surface area is 105 Å². The average Bonchev–Trinajstić information content (AvgIpc) is 2.56. The zero-order valence-electron chi connectivity index (χ0n) is 10.1. The van der Waals surface area contributed by atoms with Gasteiger partial charge in [0, 0.05) is 18.4 Å². The van der Waals surface area contributed by atoms with E-state index < -0.39 is 0 Å². The summed E-state index contributed by atoms with van der Waals surface area (Å²) in [6.45, 7) is 3.90. The molecule has 2 heterocycles. The summed E-state index contributed by atoms with van der Waals surface area (Å²) in [6, 6.07) is 3.66. The minimum Gasteiger partial charge on any atom is -0.319 e. The quantitative estimate of drug-likeness (QED) is 0.888. The number of hydrogen-bond donors (Lipinski definition) is 1. The molecular weight excluding hydrogens is 236 g/mol. The Balaban J connectivity index is 2.47. The summed E-state index contributed by atoms with van der Waals surface area (Å²) in [5, 5.41) is 4.69. The van der Waals surface area contributed by atoms with Crippen molar-refractivity contribution >= 4 is 11.6 Å². The van der Waals surface area contributed by atoms with Crippen molar-refractivity contribution in [2.45, 2.75) is 19.9 Å². The first-order valence-corrected chi connectivity index (χ1v) is 5.75. The molecule has 1 unspecified atom stereocenters. The molecule has 1 atom stereocenters. The van der Waals surface area contributed by atoms with Gasteiger partial charge in [-0.2, -0.15) is 5.10 Å². The van der Waals surface area contributed by atoms with E-state index in [1.54, 1.807) is 10.9 Å². The number of aromatic nitrogens is 3. The van der Waals surface area contributed by atoms with Gasteiger partial charge in [-0.3, -0.25) is 9.67 Å². The number of nitrogens with zero attached hydrogens (tertiary/aromatic N) is 3. The van der Waals surface area contributed by atoms with Crippen LogP contribution in [0.5, 0.6) is 0 Å². The lowest BCUT2D eigenvalue weighted by atomic mass is 10.0. The van der Waals surface area contributed by atoms with Crippen molar-refractivity contribution in [3.05, 3.63) is 46.0 Å². The van der Waals surface area contributed by atoms with Crippen LogP contribution in [-0.2, 0) is 7.05 Å². The minimum atomic E-state index is -0.282. The van der Waals surface area contributed by atoms with Crippen LogP contribution in [0.15, 0.2) is 18.3 Å². The van der Waals surface area contributed by atoms with Crippen LogP contribution in [0.25, 0.3) is 0 Å². The second-order valence-electron chi connectivity index (χ2n) is 4.16. The largest absolute Gasteiger partial charge is 0.319 e. The molecule has 0 saturated carbocycles. The first-order valence-electron chi connectivity index (χ1n) is 5.37. The summed E-state index contributed by atoms with van der Waals surface area (Å²) in [5.41, 5.74) is 9.95. The van der Waals surface area contributed by atoms with Crippen molar-refractivity contribution in [1.82, 2.24) is 14.8 Å². The van der Waals surface area contributed by atoms with Gasteiger partial charge in [-0.15, -0.1) is 0 Å². The minimum absolute atomic E-state index is 0.282. The molecule has 0 bridgehead atoms. The molecule has 0 aliphatic carbocycles. The van der Waals surface area contributed by atoms with Gasteiger partial charge in [0.05, 0.1) is 23.0 Å². The van der Waals surface area contributed by atoms with Crippen molar-refractivity contribution in [1.29, 1.82) is 0 Å². The molecule has 2 N–H and O–H groups in total. The lowest BCUT2D eigenvalue weighted by Crippen LogP contribution is -2.17. The maximum absolute atomic E-state index is 6.23. The Morgan fingerprint density at radius 2 is 1.88 bits per heavy atom. The fourth-order valence-corrected chi connectivity index (χ4v) is 2.26. The van der Waals surface area contributed by atoms with Crippen LogP contribution in [0.1, 0.15) is 28.7 Å². The van der Waals surface area contributed by atoms with Gasteiger partial charge in [0.15, 0.2) is 0 Å². The van der Waals surface area contributed by atoms with E-state index in [-0.39, 0.29) is 6.04 Å². The molecule has 2 aromatic rings. The Morgan fingerprint density at radius 3 is 2.35 bits per heavy atom. The summed E-state index contributed by atoms with van der Waals surface area (Å²) < 4.78 is 1.71. The van der Waals surface area contributed by atoms with Gasteiger partial charge in [0.2, 0.25) is 0 Å². The smallest absolute Gasteiger partial charge is 0.0837 e. The van der Waals surface area contributed by atoms with Crippen molar-refractivity contribution < 1.29 is 0 Å². The van der Waals surface area contributed by atoms with Crippen molar-refractivity contribution in [2.24, 2.45) is 12.8 Å². The third-order valence-corrected chi connectivity index (χ3v) is 2.99. The Morgan fingerprint density at radius 1 is 1.29 bits per heavy atom. The highest BCUT2D eigenvalue weighted by Crippen LogP contribution is 2.26. The third kappa shape index (κ3) is 2.33. The fraction of sp³-hybridized carbons (Fsp3) is 0.333. The Kier molecular flexibility index (Phi) is 3.17.